The summed E-state index contributed by atoms with van der Waals surface area (Å²) in [5.74, 6) is 5.94. The van der Waals surface area contributed by atoms with Crippen LogP contribution in [-0.4, -0.2) is 26.6 Å². The maximum Gasteiger partial charge on any atom is 0.216 e. The van der Waals surface area contributed by atoms with E-state index < -0.39 is 10.0 Å². The van der Waals surface area contributed by atoms with Crippen LogP contribution < -0.4 is 9.46 Å². The van der Waals surface area contributed by atoms with Gasteiger partial charge in [-0.3, -0.25) is 4.98 Å². The summed E-state index contributed by atoms with van der Waals surface area (Å²) in [6.07, 6.45) is 3.23. The summed E-state index contributed by atoms with van der Waals surface area (Å²) in [5, 5.41) is 0.568. The molecule has 1 heterocycles. The predicted molar refractivity (Wildman–Crippen MR) is 89.6 cm³/mol. The molecule has 1 aromatic heterocycles. The lowest BCUT2D eigenvalue weighted by Crippen LogP contribution is -2.25. The van der Waals surface area contributed by atoms with E-state index in [4.69, 9.17) is 16.3 Å². The number of hydrogen-bond acceptors (Lipinski definition) is 4. The second kappa shape index (κ2) is 8.53. The molecule has 1 N–H and O–H groups in total. The van der Waals surface area contributed by atoms with Crippen LogP contribution in [0.25, 0.3) is 0 Å². The number of nitrogens with one attached hydrogen (secondary N) is 1. The number of nitrogens with zero attached hydrogens (tertiary/aromatic N) is 1. The number of aromatic nitrogens is 1. The fraction of sp³-hybridized carbons (Fsp3) is 0.188. The molecule has 0 amide bonds. The molecule has 0 saturated carbocycles. The second-order valence-corrected chi connectivity index (χ2v) is 6.78. The van der Waals surface area contributed by atoms with Gasteiger partial charge in [-0.2, -0.15) is 0 Å². The van der Waals surface area contributed by atoms with E-state index in [1.165, 1.54) is 0 Å². The zero-order valence-electron chi connectivity index (χ0n) is 12.2. The Morgan fingerprint density at radius 1 is 1.17 bits per heavy atom. The third kappa shape index (κ3) is 6.70. The molecule has 0 spiro atoms. The number of pyridine rings is 1. The maximum atomic E-state index is 11.9. The number of halogens is 1. The highest BCUT2D eigenvalue weighted by atomic mass is 35.5. The van der Waals surface area contributed by atoms with Gasteiger partial charge >= 0.3 is 0 Å². The first kappa shape index (κ1) is 17.3. The molecule has 0 aliphatic carbocycles. The molecule has 120 valence electrons. The van der Waals surface area contributed by atoms with Crippen LogP contribution in [0.1, 0.15) is 5.56 Å². The summed E-state index contributed by atoms with van der Waals surface area (Å²) in [7, 11) is -3.43. The smallest absolute Gasteiger partial charge is 0.216 e. The van der Waals surface area contributed by atoms with Crippen molar-refractivity contribution in [3.63, 3.8) is 0 Å². The van der Waals surface area contributed by atoms with Crippen molar-refractivity contribution in [2.45, 2.75) is 5.75 Å². The number of benzene rings is 1. The fourth-order valence-electron chi connectivity index (χ4n) is 1.66. The van der Waals surface area contributed by atoms with Crippen LogP contribution in [0.4, 0.5) is 0 Å². The van der Waals surface area contributed by atoms with Gasteiger partial charge in [0, 0.05) is 11.2 Å². The van der Waals surface area contributed by atoms with Gasteiger partial charge in [-0.25, -0.2) is 13.1 Å². The van der Waals surface area contributed by atoms with Gasteiger partial charge in [0.1, 0.15) is 12.4 Å². The van der Waals surface area contributed by atoms with Crippen molar-refractivity contribution in [1.29, 1.82) is 0 Å². The van der Waals surface area contributed by atoms with Crippen LogP contribution in [0.2, 0.25) is 5.02 Å². The van der Waals surface area contributed by atoms with E-state index >= 15 is 0 Å². The molecule has 7 heteroatoms. The van der Waals surface area contributed by atoms with E-state index in [0.717, 1.165) is 0 Å². The maximum absolute atomic E-state index is 11.9. The summed E-state index contributed by atoms with van der Waals surface area (Å²) in [5.41, 5.74) is 0.662. The highest BCUT2D eigenvalue weighted by Gasteiger charge is 2.09. The third-order valence-corrected chi connectivity index (χ3v) is 4.27. The van der Waals surface area contributed by atoms with E-state index in [-0.39, 0.29) is 18.9 Å². The Morgan fingerprint density at radius 3 is 2.65 bits per heavy atom. The molecule has 1 aromatic carbocycles. The minimum atomic E-state index is -3.43. The molecule has 23 heavy (non-hydrogen) atoms. The molecule has 2 aromatic rings. The van der Waals surface area contributed by atoms with Crippen LogP contribution >= 0.6 is 11.6 Å². The fourth-order valence-corrected chi connectivity index (χ4v) is 2.81. The minimum absolute atomic E-state index is 0.0341. The topological polar surface area (TPSA) is 68.3 Å². The Bertz CT molecular complexity index is 782. The van der Waals surface area contributed by atoms with Crippen molar-refractivity contribution < 1.29 is 13.2 Å². The van der Waals surface area contributed by atoms with Gasteiger partial charge < -0.3 is 4.74 Å². The van der Waals surface area contributed by atoms with Crippen molar-refractivity contribution >= 4 is 21.6 Å². The summed E-state index contributed by atoms with van der Waals surface area (Å²) < 4.78 is 31.5. The van der Waals surface area contributed by atoms with Gasteiger partial charge in [0.2, 0.25) is 10.0 Å². The standard InChI is InChI=1S/C16H15ClN2O3S/c17-15-7-5-14(6-8-15)13-23(20,21)19-10-1-2-11-22-16-4-3-9-18-12-16/h3-9,12,19H,10-11,13H2. The van der Waals surface area contributed by atoms with Crippen molar-refractivity contribution in [2.24, 2.45) is 0 Å². The summed E-state index contributed by atoms with van der Waals surface area (Å²) in [6, 6.07) is 10.2. The number of hydrogen-bond donors (Lipinski definition) is 1. The molecule has 0 aliphatic rings. The lowest BCUT2D eigenvalue weighted by atomic mass is 10.2. The predicted octanol–water partition coefficient (Wildman–Crippen LogP) is 2.24. The third-order valence-electron chi connectivity index (χ3n) is 2.72. The van der Waals surface area contributed by atoms with Gasteiger partial charge in [0.15, 0.2) is 0 Å². The lowest BCUT2D eigenvalue weighted by Gasteiger charge is -2.04. The van der Waals surface area contributed by atoms with E-state index in [1.807, 2.05) is 0 Å². The first-order chi connectivity index (χ1) is 11.1. The highest BCUT2D eigenvalue weighted by Crippen LogP contribution is 2.11. The molecular formula is C16H15ClN2O3S. The Labute approximate surface area is 140 Å². The summed E-state index contributed by atoms with van der Waals surface area (Å²) in [4.78, 5) is 3.90. The van der Waals surface area contributed by atoms with Crippen molar-refractivity contribution in [3.05, 3.63) is 59.4 Å². The molecule has 0 fully saturated rings. The van der Waals surface area contributed by atoms with Crippen LogP contribution in [0.5, 0.6) is 5.75 Å². The van der Waals surface area contributed by atoms with E-state index in [2.05, 4.69) is 21.5 Å². The van der Waals surface area contributed by atoms with Crippen LogP contribution in [0.15, 0.2) is 48.8 Å². The molecule has 0 bridgehead atoms. The second-order valence-electron chi connectivity index (χ2n) is 4.54. The summed E-state index contributed by atoms with van der Waals surface area (Å²) in [6.45, 7) is 0.205. The van der Waals surface area contributed by atoms with E-state index in [1.54, 1.807) is 48.8 Å². The van der Waals surface area contributed by atoms with Gasteiger partial charge in [-0.15, -0.1) is 0 Å². The lowest BCUT2D eigenvalue weighted by molar-refractivity contribution is 0.368. The molecule has 5 nitrogen and oxygen atoms in total. The van der Waals surface area contributed by atoms with Crippen molar-refractivity contribution in [2.75, 3.05) is 13.2 Å². The quantitative estimate of drug-likeness (QED) is 0.811. The Kier molecular flexibility index (Phi) is 6.41. The highest BCUT2D eigenvalue weighted by molar-refractivity contribution is 7.88. The number of ether oxygens (including phenoxy) is 1. The van der Waals surface area contributed by atoms with Crippen molar-refractivity contribution in [3.8, 4) is 17.6 Å². The normalized spacial score (nSPS) is 10.7. The van der Waals surface area contributed by atoms with Crippen LogP contribution in [-0.2, 0) is 15.8 Å². The minimum Gasteiger partial charge on any atom is -0.479 e. The van der Waals surface area contributed by atoms with Gasteiger partial charge in [-0.1, -0.05) is 35.6 Å². The first-order valence-electron chi connectivity index (χ1n) is 6.75. The van der Waals surface area contributed by atoms with E-state index in [0.29, 0.717) is 16.3 Å². The molecular weight excluding hydrogens is 336 g/mol. The Morgan fingerprint density at radius 2 is 1.96 bits per heavy atom. The molecule has 0 saturated heterocycles. The Balaban J connectivity index is 1.74. The number of rotatable bonds is 6. The van der Waals surface area contributed by atoms with Gasteiger partial charge in [0.25, 0.3) is 0 Å². The average Bonchev–Trinajstić information content (AvgIpc) is 2.54. The average molecular weight is 351 g/mol. The zero-order chi connectivity index (χ0) is 16.5. The molecule has 0 radical (unpaired) electrons. The molecule has 0 atom stereocenters. The van der Waals surface area contributed by atoms with Crippen LogP contribution in [0.3, 0.4) is 0 Å². The summed E-state index contributed by atoms with van der Waals surface area (Å²) >= 11 is 5.76. The monoisotopic (exact) mass is 350 g/mol. The largest absolute Gasteiger partial charge is 0.479 e. The molecule has 0 aliphatic heterocycles. The number of sulfonamides is 1. The first-order valence-corrected chi connectivity index (χ1v) is 8.78. The molecule has 2 rings (SSSR count). The van der Waals surface area contributed by atoms with Gasteiger partial charge in [0.05, 0.1) is 18.5 Å². The Hall–Kier alpha value is -2.07. The van der Waals surface area contributed by atoms with Crippen LogP contribution in [0, 0.1) is 11.8 Å². The van der Waals surface area contributed by atoms with Gasteiger partial charge in [-0.05, 0) is 29.8 Å². The van der Waals surface area contributed by atoms with Crippen molar-refractivity contribution in [1.82, 2.24) is 9.71 Å². The SMILES string of the molecule is O=S(=O)(Cc1ccc(Cl)cc1)NCC#CCOc1cccnc1. The zero-order valence-corrected chi connectivity index (χ0v) is 13.8. The van der Waals surface area contributed by atoms with E-state index in [9.17, 15) is 8.42 Å². The molecule has 0 unspecified atom stereocenters.